The topological polar surface area (TPSA) is 92.5 Å². The van der Waals surface area contributed by atoms with Crippen molar-refractivity contribution in [2.45, 2.75) is 0 Å². The molecule has 0 atom stereocenters. The average molecular weight is 327 g/mol. The maximum atomic E-state index is 12.1. The highest BCUT2D eigenvalue weighted by Gasteiger charge is 2.19. The van der Waals surface area contributed by atoms with E-state index in [1.54, 1.807) is 0 Å². The SMILES string of the molecule is O=C(Nc1c(Cl)cccc1[N+](=O)[O-])c1ccc(O)c(Cl)c1. The van der Waals surface area contributed by atoms with Gasteiger partial charge in [-0.3, -0.25) is 14.9 Å². The number of nitrogens with one attached hydrogen (secondary N) is 1. The minimum Gasteiger partial charge on any atom is -0.506 e. The minimum absolute atomic E-state index is 0.00342. The number of phenolic OH excluding ortho intramolecular Hbond substituents is 1. The molecule has 6 nitrogen and oxygen atoms in total. The molecule has 8 heteroatoms. The molecule has 0 fully saturated rings. The van der Waals surface area contributed by atoms with Crippen molar-refractivity contribution in [1.82, 2.24) is 0 Å². The van der Waals surface area contributed by atoms with Crippen molar-refractivity contribution < 1.29 is 14.8 Å². The van der Waals surface area contributed by atoms with Crippen LogP contribution in [0.3, 0.4) is 0 Å². The zero-order valence-electron chi connectivity index (χ0n) is 10.3. The van der Waals surface area contributed by atoms with Gasteiger partial charge in [0.1, 0.15) is 11.4 Å². The van der Waals surface area contributed by atoms with Crippen LogP contribution in [0.5, 0.6) is 5.75 Å². The molecule has 0 saturated heterocycles. The summed E-state index contributed by atoms with van der Waals surface area (Å²) in [4.78, 5) is 22.4. The van der Waals surface area contributed by atoms with E-state index in [0.29, 0.717) is 0 Å². The van der Waals surface area contributed by atoms with Gasteiger partial charge in [0.25, 0.3) is 11.6 Å². The summed E-state index contributed by atoms with van der Waals surface area (Å²) in [5, 5.41) is 22.6. The Labute approximate surface area is 129 Å². The molecule has 0 aliphatic carbocycles. The Hall–Kier alpha value is -2.31. The number of amides is 1. The summed E-state index contributed by atoms with van der Waals surface area (Å²) in [6, 6.07) is 7.89. The van der Waals surface area contributed by atoms with Crippen molar-refractivity contribution >= 4 is 40.5 Å². The van der Waals surface area contributed by atoms with Crippen LogP contribution in [-0.4, -0.2) is 15.9 Å². The van der Waals surface area contributed by atoms with Gasteiger partial charge in [0, 0.05) is 11.6 Å². The summed E-state index contributed by atoms with van der Waals surface area (Å²) in [6.07, 6.45) is 0. The summed E-state index contributed by atoms with van der Waals surface area (Å²) in [5.74, 6) is -0.801. The third-order valence-corrected chi connectivity index (χ3v) is 3.25. The first-order valence-electron chi connectivity index (χ1n) is 5.63. The second kappa shape index (κ2) is 5.99. The molecule has 0 aromatic heterocycles. The molecule has 0 spiro atoms. The summed E-state index contributed by atoms with van der Waals surface area (Å²) in [6.45, 7) is 0. The molecule has 2 aromatic carbocycles. The van der Waals surface area contributed by atoms with Crippen LogP contribution in [0.1, 0.15) is 10.4 Å². The van der Waals surface area contributed by atoms with Crippen molar-refractivity contribution in [3.05, 3.63) is 62.1 Å². The smallest absolute Gasteiger partial charge is 0.294 e. The molecule has 0 aliphatic heterocycles. The van der Waals surface area contributed by atoms with Crippen LogP contribution in [-0.2, 0) is 0 Å². The van der Waals surface area contributed by atoms with Crippen molar-refractivity contribution in [3.63, 3.8) is 0 Å². The van der Waals surface area contributed by atoms with Gasteiger partial charge >= 0.3 is 0 Å². The number of para-hydroxylation sites is 1. The van der Waals surface area contributed by atoms with Crippen molar-refractivity contribution in [2.24, 2.45) is 0 Å². The highest BCUT2D eigenvalue weighted by atomic mass is 35.5. The number of rotatable bonds is 3. The largest absolute Gasteiger partial charge is 0.506 e. The molecule has 2 rings (SSSR count). The zero-order chi connectivity index (χ0) is 15.6. The van der Waals surface area contributed by atoms with E-state index in [1.165, 1.54) is 36.4 Å². The molecule has 0 bridgehead atoms. The van der Waals surface area contributed by atoms with E-state index in [9.17, 15) is 20.0 Å². The Balaban J connectivity index is 2.36. The van der Waals surface area contributed by atoms with Crippen molar-refractivity contribution in [3.8, 4) is 5.75 Å². The van der Waals surface area contributed by atoms with Gasteiger partial charge in [-0.05, 0) is 24.3 Å². The summed E-state index contributed by atoms with van der Waals surface area (Å²) in [5.41, 5.74) is -0.286. The van der Waals surface area contributed by atoms with Gasteiger partial charge in [0.15, 0.2) is 0 Å². The van der Waals surface area contributed by atoms with Crippen LogP contribution in [0.4, 0.5) is 11.4 Å². The number of aromatic hydroxyl groups is 1. The standard InChI is InChI=1S/C13H8Cl2N2O4/c14-8-2-1-3-10(17(20)21)12(8)16-13(19)7-4-5-11(18)9(15)6-7/h1-6,18H,(H,16,19). The molecular weight excluding hydrogens is 319 g/mol. The summed E-state index contributed by atoms with van der Waals surface area (Å²) < 4.78 is 0. The Bertz CT molecular complexity index is 734. The fourth-order valence-electron chi connectivity index (χ4n) is 1.62. The van der Waals surface area contributed by atoms with E-state index < -0.39 is 10.8 Å². The highest BCUT2D eigenvalue weighted by molar-refractivity contribution is 6.35. The maximum Gasteiger partial charge on any atom is 0.294 e. The zero-order valence-corrected chi connectivity index (χ0v) is 11.9. The van der Waals surface area contributed by atoms with Crippen LogP contribution < -0.4 is 5.32 Å². The number of phenols is 1. The number of nitro groups is 1. The molecule has 2 aromatic rings. The molecule has 0 saturated carbocycles. The number of nitrogens with zero attached hydrogens (tertiary/aromatic N) is 1. The monoisotopic (exact) mass is 326 g/mol. The van der Waals surface area contributed by atoms with Crippen LogP contribution in [0.2, 0.25) is 10.0 Å². The van der Waals surface area contributed by atoms with Gasteiger partial charge in [-0.25, -0.2) is 0 Å². The van der Waals surface area contributed by atoms with Gasteiger partial charge in [-0.15, -0.1) is 0 Å². The number of halogens is 2. The van der Waals surface area contributed by atoms with Gasteiger partial charge in [-0.2, -0.15) is 0 Å². The fourth-order valence-corrected chi connectivity index (χ4v) is 2.02. The molecule has 0 unspecified atom stereocenters. The Morgan fingerprint density at radius 3 is 2.52 bits per heavy atom. The number of carbonyl (C=O) groups excluding carboxylic acids is 1. The normalized spacial score (nSPS) is 10.2. The molecule has 2 N–H and O–H groups in total. The lowest BCUT2D eigenvalue weighted by molar-refractivity contribution is -0.383. The third-order valence-electron chi connectivity index (χ3n) is 2.64. The van der Waals surface area contributed by atoms with Crippen LogP contribution in [0.25, 0.3) is 0 Å². The Morgan fingerprint density at radius 1 is 1.19 bits per heavy atom. The quantitative estimate of drug-likeness (QED) is 0.661. The van der Waals surface area contributed by atoms with E-state index in [4.69, 9.17) is 23.2 Å². The molecule has 108 valence electrons. The second-order valence-corrected chi connectivity index (χ2v) is 4.83. The van der Waals surface area contributed by atoms with E-state index in [0.717, 1.165) is 0 Å². The number of carbonyl (C=O) groups is 1. The van der Waals surface area contributed by atoms with Crippen LogP contribution >= 0.6 is 23.2 Å². The average Bonchev–Trinajstić information content (AvgIpc) is 2.43. The number of nitro benzene ring substituents is 1. The number of benzene rings is 2. The molecule has 0 aliphatic rings. The first kappa shape index (κ1) is 15.1. The van der Waals surface area contributed by atoms with Gasteiger partial charge < -0.3 is 10.4 Å². The maximum absolute atomic E-state index is 12.1. The summed E-state index contributed by atoms with van der Waals surface area (Å²) >= 11 is 11.6. The number of anilines is 1. The minimum atomic E-state index is -0.648. The van der Waals surface area contributed by atoms with Gasteiger partial charge in [0.2, 0.25) is 0 Å². The first-order valence-corrected chi connectivity index (χ1v) is 6.38. The summed E-state index contributed by atoms with van der Waals surface area (Å²) in [7, 11) is 0. The van der Waals surface area contributed by atoms with E-state index >= 15 is 0 Å². The lowest BCUT2D eigenvalue weighted by Gasteiger charge is -2.08. The third kappa shape index (κ3) is 3.24. The Kier molecular flexibility index (Phi) is 4.30. The number of hydrogen-bond acceptors (Lipinski definition) is 4. The molecule has 21 heavy (non-hydrogen) atoms. The lowest BCUT2D eigenvalue weighted by Crippen LogP contribution is -2.13. The van der Waals surface area contributed by atoms with Crippen LogP contribution in [0.15, 0.2) is 36.4 Å². The molecule has 0 radical (unpaired) electrons. The fraction of sp³-hybridized carbons (Fsp3) is 0. The first-order chi connectivity index (χ1) is 9.90. The second-order valence-electron chi connectivity index (χ2n) is 4.01. The van der Waals surface area contributed by atoms with Crippen molar-refractivity contribution in [1.29, 1.82) is 0 Å². The van der Waals surface area contributed by atoms with Gasteiger partial charge in [0.05, 0.1) is 15.0 Å². The lowest BCUT2D eigenvalue weighted by atomic mass is 10.2. The molecular formula is C13H8Cl2N2O4. The predicted molar refractivity (Wildman–Crippen MR) is 79.2 cm³/mol. The molecule has 1 amide bonds. The number of hydrogen-bond donors (Lipinski definition) is 2. The van der Waals surface area contributed by atoms with Gasteiger partial charge in [-0.1, -0.05) is 29.3 Å². The van der Waals surface area contributed by atoms with Crippen LogP contribution in [0, 0.1) is 10.1 Å². The predicted octanol–water partition coefficient (Wildman–Crippen LogP) is 3.86. The Morgan fingerprint density at radius 2 is 1.90 bits per heavy atom. The highest BCUT2D eigenvalue weighted by Crippen LogP contribution is 2.32. The van der Waals surface area contributed by atoms with E-state index in [1.807, 2.05) is 0 Å². The van der Waals surface area contributed by atoms with E-state index in [2.05, 4.69) is 5.32 Å². The molecule has 0 heterocycles. The van der Waals surface area contributed by atoms with Crippen molar-refractivity contribution in [2.75, 3.05) is 5.32 Å². The van der Waals surface area contributed by atoms with E-state index in [-0.39, 0.29) is 32.7 Å².